The fourth-order valence-corrected chi connectivity index (χ4v) is 12.2. The molecule has 1 heterocycles. The molecule has 0 radical (unpaired) electrons. The summed E-state index contributed by atoms with van der Waals surface area (Å²) in [6.07, 6.45) is 9.68. The van der Waals surface area contributed by atoms with E-state index < -0.39 is 0 Å². The molecule has 0 aliphatic carbocycles. The molecule has 91 heavy (non-hydrogen) atoms. The number of hydrogen-bond donors (Lipinski definition) is 0. The molecule has 0 atom stereocenters. The Balaban J connectivity index is 0.00000184. The van der Waals surface area contributed by atoms with Crippen LogP contribution >= 0.6 is 0 Å². The number of rotatable bonds is 16. The normalized spacial score (nSPS) is 11.3. The highest BCUT2D eigenvalue weighted by Crippen LogP contribution is 2.46. The summed E-state index contributed by atoms with van der Waals surface area (Å²) in [6.45, 7) is 12.1. The van der Waals surface area contributed by atoms with Gasteiger partial charge in [-0.05, 0) is 176 Å². The smallest absolute Gasteiger partial charge is 0.143 e. The second-order valence-electron chi connectivity index (χ2n) is 22.4. The van der Waals surface area contributed by atoms with Crippen LogP contribution in [0.4, 0.5) is 34.1 Å². The molecular weight excluding hydrogens is 1100 g/mol. The van der Waals surface area contributed by atoms with Crippen molar-refractivity contribution < 1.29 is 4.42 Å². The van der Waals surface area contributed by atoms with Gasteiger partial charge in [0.05, 0.1) is 0 Å². The van der Waals surface area contributed by atoms with Gasteiger partial charge < -0.3 is 14.2 Å². The summed E-state index contributed by atoms with van der Waals surface area (Å²) in [5, 5.41) is 2.22. The predicted molar refractivity (Wildman–Crippen MR) is 390 cm³/mol. The second-order valence-corrected chi connectivity index (χ2v) is 22.4. The monoisotopic (exact) mass is 1170 g/mol. The summed E-state index contributed by atoms with van der Waals surface area (Å²) in [6, 6.07) is 116. The number of para-hydroxylation sites is 2. The Hall–Kier alpha value is -11.8. The maximum atomic E-state index is 6.59. The van der Waals surface area contributed by atoms with Gasteiger partial charge in [-0.2, -0.15) is 0 Å². The fraction of sp³-hybridized carbons (Fsp3) is 0.0227. The van der Waals surface area contributed by atoms with Crippen LogP contribution in [0.25, 0.3) is 105 Å². The van der Waals surface area contributed by atoms with E-state index in [1.54, 1.807) is 6.08 Å². The molecular formula is C88H68N2O. The van der Waals surface area contributed by atoms with Crippen LogP contribution in [0.5, 0.6) is 0 Å². The number of allylic oxidation sites excluding steroid dienone is 6. The van der Waals surface area contributed by atoms with Crippen molar-refractivity contribution in [2.75, 3.05) is 9.80 Å². The first kappa shape index (κ1) is 58.2. The average molecular weight is 1170 g/mol. The molecule has 14 rings (SSSR count). The van der Waals surface area contributed by atoms with E-state index in [1.165, 1.54) is 27.8 Å². The standard InChI is InChI=1S/C84H60N2O.C4H8/c1-3-20-59(4-2)63-41-49-71(50-42-63)85(72-51-43-64(44-52-72)60-21-8-5-9-22-60)75-29-16-27-69(57-75)77-32-18-33-78(83(77)68-39-37-67(38-40-68)79-34-19-35-81-80-31-14-15-36-82(80)87-84(79)81)70-28-17-30-76(58-70)86(73-53-45-65(46-54-73)61-23-10-6-11-24-61)74-55-47-66(48-56-74)62-25-12-7-13-26-62;1-3-4-2/h3-58H,1-2H2;3-4H,1-2H3/b59-20+;4-3-. The maximum Gasteiger partial charge on any atom is 0.143 e. The third-order valence-corrected chi connectivity index (χ3v) is 16.8. The molecule has 13 aromatic carbocycles. The van der Waals surface area contributed by atoms with Crippen LogP contribution in [0.3, 0.4) is 0 Å². The van der Waals surface area contributed by atoms with Crippen LogP contribution in [0, 0.1) is 0 Å². The lowest BCUT2D eigenvalue weighted by Gasteiger charge is -2.27. The fourth-order valence-electron chi connectivity index (χ4n) is 12.2. The van der Waals surface area contributed by atoms with Gasteiger partial charge in [0.15, 0.2) is 0 Å². The van der Waals surface area contributed by atoms with E-state index in [9.17, 15) is 0 Å². The number of fused-ring (bicyclic) bond motifs is 3. The lowest BCUT2D eigenvalue weighted by atomic mass is 9.86. The molecule has 0 N–H and O–H groups in total. The number of nitrogens with zero attached hydrogens (tertiary/aromatic N) is 2. The first-order valence-electron chi connectivity index (χ1n) is 31.0. The Bertz CT molecular complexity index is 4780. The first-order valence-corrected chi connectivity index (χ1v) is 31.0. The zero-order chi connectivity index (χ0) is 61.9. The number of anilines is 6. The van der Waals surface area contributed by atoms with Gasteiger partial charge in [-0.1, -0.05) is 286 Å². The molecule has 0 bridgehead atoms. The van der Waals surface area contributed by atoms with Gasteiger partial charge in [0.2, 0.25) is 0 Å². The first-order chi connectivity index (χ1) is 45.0. The van der Waals surface area contributed by atoms with Crippen molar-refractivity contribution in [2.45, 2.75) is 13.8 Å². The van der Waals surface area contributed by atoms with E-state index in [2.05, 4.69) is 332 Å². The van der Waals surface area contributed by atoms with Crippen molar-refractivity contribution >= 4 is 61.6 Å². The summed E-state index contributed by atoms with van der Waals surface area (Å²) in [5.74, 6) is 0. The minimum atomic E-state index is 0.883. The lowest BCUT2D eigenvalue weighted by Crippen LogP contribution is -2.10. The summed E-state index contributed by atoms with van der Waals surface area (Å²) in [5.41, 5.74) is 25.9. The Morgan fingerprint density at radius 3 is 1.12 bits per heavy atom. The third kappa shape index (κ3) is 12.4. The molecule has 1 aromatic heterocycles. The minimum Gasteiger partial charge on any atom is -0.455 e. The van der Waals surface area contributed by atoms with Crippen LogP contribution in [0.2, 0.25) is 0 Å². The molecule has 0 fully saturated rings. The lowest BCUT2D eigenvalue weighted by molar-refractivity contribution is 0.670. The Kier molecular flexibility index (Phi) is 17.3. The number of furan rings is 1. The minimum absolute atomic E-state index is 0.883. The molecule has 3 nitrogen and oxygen atoms in total. The SMILES string of the molecule is C/C=C\C.C=C/C=C(\C=C)c1ccc(N(c2ccc(-c3ccccc3)cc2)c2cccc(-c3cccc(-c4cccc(N(c5ccc(-c6ccccc6)cc5)c5ccc(-c6ccccc6)cc5)c4)c3-c3ccc(-c4cccc5c4oc4ccccc45)cc3)c2)cc1. The zero-order valence-electron chi connectivity index (χ0n) is 51.2. The highest BCUT2D eigenvalue weighted by molar-refractivity contribution is 6.10. The van der Waals surface area contributed by atoms with E-state index in [0.717, 1.165) is 117 Å². The molecule has 0 amide bonds. The molecule has 0 aliphatic heterocycles. The second kappa shape index (κ2) is 27.1. The van der Waals surface area contributed by atoms with Crippen LogP contribution in [0.1, 0.15) is 19.4 Å². The van der Waals surface area contributed by atoms with Crippen molar-refractivity contribution in [3.05, 3.63) is 371 Å². The van der Waals surface area contributed by atoms with Gasteiger partial charge in [-0.25, -0.2) is 0 Å². The highest BCUT2D eigenvalue weighted by atomic mass is 16.3. The Morgan fingerprint density at radius 1 is 0.308 bits per heavy atom. The van der Waals surface area contributed by atoms with E-state index >= 15 is 0 Å². The number of benzene rings is 13. The van der Waals surface area contributed by atoms with Crippen LogP contribution < -0.4 is 9.80 Å². The quantitative estimate of drug-likeness (QED) is 0.0710. The summed E-state index contributed by atoms with van der Waals surface area (Å²) < 4.78 is 6.59. The van der Waals surface area contributed by atoms with Gasteiger partial charge >= 0.3 is 0 Å². The molecule has 14 aromatic rings. The predicted octanol–water partition coefficient (Wildman–Crippen LogP) is 25.5. The largest absolute Gasteiger partial charge is 0.455 e. The molecule has 3 heteroatoms. The van der Waals surface area contributed by atoms with Gasteiger partial charge in [-0.3, -0.25) is 0 Å². The van der Waals surface area contributed by atoms with Gasteiger partial charge in [-0.15, -0.1) is 0 Å². The molecule has 0 saturated carbocycles. The molecule has 0 spiro atoms. The maximum absolute atomic E-state index is 6.59. The van der Waals surface area contributed by atoms with Gasteiger partial charge in [0, 0.05) is 50.5 Å². The van der Waals surface area contributed by atoms with Gasteiger partial charge in [0.1, 0.15) is 11.2 Å². The van der Waals surface area contributed by atoms with Gasteiger partial charge in [0.25, 0.3) is 0 Å². The third-order valence-electron chi connectivity index (χ3n) is 16.8. The van der Waals surface area contributed by atoms with Crippen molar-refractivity contribution in [1.82, 2.24) is 0 Å². The highest BCUT2D eigenvalue weighted by Gasteiger charge is 2.21. The van der Waals surface area contributed by atoms with Crippen LogP contribution in [-0.2, 0) is 0 Å². The molecule has 436 valence electrons. The van der Waals surface area contributed by atoms with Crippen molar-refractivity contribution in [2.24, 2.45) is 0 Å². The topological polar surface area (TPSA) is 19.6 Å². The average Bonchev–Trinajstić information content (AvgIpc) is 2.25. The summed E-state index contributed by atoms with van der Waals surface area (Å²) >= 11 is 0. The number of hydrogen-bond acceptors (Lipinski definition) is 3. The van der Waals surface area contributed by atoms with E-state index in [-0.39, 0.29) is 0 Å². The summed E-state index contributed by atoms with van der Waals surface area (Å²) in [4.78, 5) is 4.72. The molecule has 0 aliphatic rings. The Labute approximate surface area is 535 Å². The van der Waals surface area contributed by atoms with Crippen molar-refractivity contribution in [3.63, 3.8) is 0 Å². The zero-order valence-corrected chi connectivity index (χ0v) is 51.2. The van der Waals surface area contributed by atoms with E-state index in [1.807, 2.05) is 50.3 Å². The van der Waals surface area contributed by atoms with Crippen LogP contribution in [0.15, 0.2) is 369 Å². The van der Waals surface area contributed by atoms with Crippen molar-refractivity contribution in [1.29, 1.82) is 0 Å². The summed E-state index contributed by atoms with van der Waals surface area (Å²) in [7, 11) is 0. The van der Waals surface area contributed by atoms with E-state index in [0.29, 0.717) is 0 Å². The Morgan fingerprint density at radius 2 is 0.670 bits per heavy atom. The molecule has 0 unspecified atom stereocenters. The van der Waals surface area contributed by atoms with Crippen LogP contribution in [-0.4, -0.2) is 0 Å². The van der Waals surface area contributed by atoms with Crippen molar-refractivity contribution in [3.8, 4) is 77.9 Å². The molecule has 0 saturated heterocycles. The van der Waals surface area contributed by atoms with E-state index in [4.69, 9.17) is 4.42 Å².